The molecule has 0 aliphatic carbocycles. The van der Waals surface area contributed by atoms with Gasteiger partial charge in [-0.15, -0.1) is 0 Å². The van der Waals surface area contributed by atoms with E-state index in [2.05, 4.69) is 21.2 Å². The van der Waals surface area contributed by atoms with Gasteiger partial charge in [-0.3, -0.25) is 4.79 Å². The van der Waals surface area contributed by atoms with Crippen molar-refractivity contribution < 1.29 is 18.7 Å². The number of hydrogen-bond donors (Lipinski definition) is 1. The Morgan fingerprint density at radius 1 is 1.50 bits per heavy atom. The van der Waals surface area contributed by atoms with Crippen LogP contribution in [0.1, 0.15) is 17.0 Å². The van der Waals surface area contributed by atoms with E-state index in [9.17, 15) is 9.59 Å². The molecule has 1 saturated heterocycles. The molecular formula is C11H13BrN2O4. The van der Waals surface area contributed by atoms with Gasteiger partial charge in [0.1, 0.15) is 6.61 Å². The lowest BCUT2D eigenvalue weighted by molar-refractivity contribution is 0.0923. The number of rotatable bonds is 5. The van der Waals surface area contributed by atoms with E-state index in [1.807, 2.05) is 0 Å². The molecule has 1 fully saturated rings. The standard InChI is InChI=1S/C11H13BrN2O4/c12-9-3-2-8(18-9)10(15)13-4-1-5-14-6-7-17-11(14)16/h2-3H,1,4-7H2,(H,13,15). The van der Waals surface area contributed by atoms with Crippen LogP contribution in [0.2, 0.25) is 0 Å². The second-order valence-electron chi connectivity index (χ2n) is 3.81. The number of nitrogens with one attached hydrogen (secondary N) is 1. The number of nitrogens with zero attached hydrogens (tertiary/aromatic N) is 1. The van der Waals surface area contributed by atoms with Gasteiger partial charge in [0.05, 0.1) is 6.54 Å². The maximum Gasteiger partial charge on any atom is 0.409 e. The first-order valence-electron chi connectivity index (χ1n) is 5.62. The fourth-order valence-electron chi connectivity index (χ4n) is 1.62. The Labute approximate surface area is 112 Å². The van der Waals surface area contributed by atoms with E-state index in [0.717, 1.165) is 0 Å². The Bertz CT molecular complexity index is 446. The van der Waals surface area contributed by atoms with Crippen molar-refractivity contribution in [2.75, 3.05) is 26.2 Å². The van der Waals surface area contributed by atoms with E-state index in [0.29, 0.717) is 37.3 Å². The van der Waals surface area contributed by atoms with Crippen molar-refractivity contribution in [3.63, 3.8) is 0 Å². The molecule has 0 saturated carbocycles. The predicted octanol–water partition coefficient (Wildman–Crippen LogP) is 1.61. The van der Waals surface area contributed by atoms with E-state index >= 15 is 0 Å². The third-order valence-corrected chi connectivity index (χ3v) is 2.96. The van der Waals surface area contributed by atoms with Gasteiger partial charge in [-0.25, -0.2) is 4.79 Å². The lowest BCUT2D eigenvalue weighted by atomic mass is 10.3. The summed E-state index contributed by atoms with van der Waals surface area (Å²) < 4.78 is 10.4. The molecule has 2 amide bonds. The first kappa shape index (κ1) is 12.9. The van der Waals surface area contributed by atoms with E-state index in [1.165, 1.54) is 0 Å². The molecule has 0 unspecified atom stereocenters. The Hall–Kier alpha value is -1.50. The summed E-state index contributed by atoms with van der Waals surface area (Å²) in [6, 6.07) is 3.26. The molecule has 0 atom stereocenters. The van der Waals surface area contributed by atoms with Crippen LogP contribution in [0.5, 0.6) is 0 Å². The van der Waals surface area contributed by atoms with Gasteiger partial charge in [-0.2, -0.15) is 0 Å². The summed E-state index contributed by atoms with van der Waals surface area (Å²) in [4.78, 5) is 24.3. The van der Waals surface area contributed by atoms with Gasteiger partial charge in [0.2, 0.25) is 0 Å². The van der Waals surface area contributed by atoms with Gasteiger partial charge < -0.3 is 19.4 Å². The summed E-state index contributed by atoms with van der Waals surface area (Å²) in [7, 11) is 0. The molecule has 6 nitrogen and oxygen atoms in total. The van der Waals surface area contributed by atoms with Gasteiger partial charge in [0, 0.05) is 13.1 Å². The summed E-state index contributed by atoms with van der Waals surface area (Å²) in [6.45, 7) is 2.14. The minimum atomic E-state index is -0.281. The van der Waals surface area contributed by atoms with E-state index < -0.39 is 0 Å². The smallest absolute Gasteiger partial charge is 0.409 e. The zero-order chi connectivity index (χ0) is 13.0. The lowest BCUT2D eigenvalue weighted by Crippen LogP contribution is -2.30. The van der Waals surface area contributed by atoms with Crippen molar-refractivity contribution in [3.05, 3.63) is 22.6 Å². The van der Waals surface area contributed by atoms with Crippen LogP contribution in [0.3, 0.4) is 0 Å². The number of cyclic esters (lactones) is 1. The number of carbonyl (C=O) groups is 2. The molecule has 1 N–H and O–H groups in total. The van der Waals surface area contributed by atoms with Crippen molar-refractivity contribution in [2.45, 2.75) is 6.42 Å². The maximum absolute atomic E-state index is 11.6. The number of halogens is 1. The first-order valence-corrected chi connectivity index (χ1v) is 6.41. The predicted molar refractivity (Wildman–Crippen MR) is 66.3 cm³/mol. The third-order valence-electron chi connectivity index (χ3n) is 2.53. The largest absolute Gasteiger partial charge is 0.448 e. The van der Waals surface area contributed by atoms with Crippen molar-refractivity contribution in [3.8, 4) is 0 Å². The zero-order valence-corrected chi connectivity index (χ0v) is 11.2. The Balaban J connectivity index is 1.66. The van der Waals surface area contributed by atoms with Crippen LogP contribution in [-0.4, -0.2) is 43.1 Å². The van der Waals surface area contributed by atoms with Crippen LogP contribution in [0.25, 0.3) is 0 Å². The Morgan fingerprint density at radius 2 is 2.33 bits per heavy atom. The molecule has 0 spiro atoms. The quantitative estimate of drug-likeness (QED) is 0.838. The summed E-state index contributed by atoms with van der Waals surface area (Å²) >= 11 is 3.13. The van der Waals surface area contributed by atoms with Gasteiger partial charge in [0.15, 0.2) is 10.4 Å². The topological polar surface area (TPSA) is 71.8 Å². The summed E-state index contributed by atoms with van der Waals surface area (Å²) in [5, 5.41) is 2.72. The minimum absolute atomic E-state index is 0.260. The molecule has 18 heavy (non-hydrogen) atoms. The number of amides is 2. The molecule has 1 aliphatic rings. The van der Waals surface area contributed by atoms with Crippen LogP contribution in [-0.2, 0) is 4.74 Å². The average molecular weight is 317 g/mol. The maximum atomic E-state index is 11.6. The van der Waals surface area contributed by atoms with Crippen molar-refractivity contribution >= 4 is 27.9 Å². The molecular weight excluding hydrogens is 304 g/mol. The third kappa shape index (κ3) is 3.25. The normalized spacial score (nSPS) is 14.7. The highest BCUT2D eigenvalue weighted by molar-refractivity contribution is 9.10. The fourth-order valence-corrected chi connectivity index (χ4v) is 1.93. The summed E-state index contributed by atoms with van der Waals surface area (Å²) in [5.74, 6) is 0.00663. The first-order chi connectivity index (χ1) is 8.66. The van der Waals surface area contributed by atoms with Crippen molar-refractivity contribution in [1.82, 2.24) is 10.2 Å². The van der Waals surface area contributed by atoms with Gasteiger partial charge >= 0.3 is 6.09 Å². The summed E-state index contributed by atoms with van der Waals surface area (Å²) in [5.41, 5.74) is 0. The monoisotopic (exact) mass is 316 g/mol. The second kappa shape index (κ2) is 5.90. The Morgan fingerprint density at radius 3 is 2.94 bits per heavy atom. The molecule has 0 bridgehead atoms. The van der Waals surface area contributed by atoms with Gasteiger partial charge in [0.25, 0.3) is 5.91 Å². The molecule has 2 heterocycles. The molecule has 1 aliphatic heterocycles. The van der Waals surface area contributed by atoms with Crippen LogP contribution in [0, 0.1) is 0 Å². The molecule has 1 aromatic rings. The van der Waals surface area contributed by atoms with Crippen molar-refractivity contribution in [1.29, 1.82) is 0 Å². The number of carbonyl (C=O) groups excluding carboxylic acids is 2. The molecule has 2 rings (SSSR count). The molecule has 98 valence electrons. The molecule has 0 aromatic carbocycles. The highest BCUT2D eigenvalue weighted by atomic mass is 79.9. The van der Waals surface area contributed by atoms with Crippen LogP contribution in [0.15, 0.2) is 21.2 Å². The van der Waals surface area contributed by atoms with Crippen LogP contribution in [0.4, 0.5) is 4.79 Å². The van der Waals surface area contributed by atoms with Crippen LogP contribution >= 0.6 is 15.9 Å². The van der Waals surface area contributed by atoms with Crippen molar-refractivity contribution in [2.24, 2.45) is 0 Å². The Kier molecular flexibility index (Phi) is 4.24. The molecule has 0 radical (unpaired) electrons. The second-order valence-corrected chi connectivity index (χ2v) is 4.60. The SMILES string of the molecule is O=C(NCCCN1CCOC1=O)c1ccc(Br)o1. The van der Waals surface area contributed by atoms with E-state index in [-0.39, 0.29) is 17.8 Å². The van der Waals surface area contributed by atoms with Crippen LogP contribution < -0.4 is 5.32 Å². The zero-order valence-electron chi connectivity index (χ0n) is 9.65. The van der Waals surface area contributed by atoms with Gasteiger partial charge in [-0.05, 0) is 34.5 Å². The highest BCUT2D eigenvalue weighted by Gasteiger charge is 2.20. The minimum Gasteiger partial charge on any atom is -0.448 e. The number of hydrogen-bond acceptors (Lipinski definition) is 4. The molecule has 1 aromatic heterocycles. The lowest BCUT2D eigenvalue weighted by Gasteiger charge is -2.11. The van der Waals surface area contributed by atoms with Gasteiger partial charge in [-0.1, -0.05) is 0 Å². The number of furan rings is 1. The number of ether oxygens (including phenoxy) is 1. The van der Waals surface area contributed by atoms with E-state index in [4.69, 9.17) is 9.15 Å². The average Bonchev–Trinajstić information content (AvgIpc) is 2.94. The fraction of sp³-hybridized carbons (Fsp3) is 0.455. The highest BCUT2D eigenvalue weighted by Crippen LogP contribution is 2.13. The molecule has 7 heteroatoms. The van der Waals surface area contributed by atoms with E-state index in [1.54, 1.807) is 17.0 Å². The summed E-state index contributed by atoms with van der Waals surface area (Å²) in [6.07, 6.45) is 0.402.